The Morgan fingerprint density at radius 1 is 1.20 bits per heavy atom. The molecule has 0 aliphatic heterocycles. The third-order valence-corrected chi connectivity index (χ3v) is 4.75. The number of ether oxygens (including phenoxy) is 1. The van der Waals surface area contributed by atoms with Crippen molar-refractivity contribution in [3.05, 3.63) is 64.0 Å². The standard InChI is InChI=1S/C24H29N3O3/c1-16(2)14-27-18(4)10-21(19(27)5)11-22(12-25)24(29)30-15-23(28)26-13-20-8-6-17(3)7-9-20/h6-11,16H,13-15H2,1-5H3,(H,26,28)/b22-11+. The van der Waals surface area contributed by atoms with Crippen molar-refractivity contribution < 1.29 is 14.3 Å². The molecule has 6 heteroatoms. The van der Waals surface area contributed by atoms with Crippen molar-refractivity contribution in [1.29, 1.82) is 5.26 Å². The number of nitrogens with zero attached hydrogens (tertiary/aromatic N) is 2. The van der Waals surface area contributed by atoms with Gasteiger partial charge in [-0.15, -0.1) is 0 Å². The average molecular weight is 408 g/mol. The first-order valence-electron chi connectivity index (χ1n) is 9.99. The van der Waals surface area contributed by atoms with E-state index < -0.39 is 18.5 Å². The highest BCUT2D eigenvalue weighted by Gasteiger charge is 2.16. The van der Waals surface area contributed by atoms with Gasteiger partial charge in [0.05, 0.1) is 0 Å². The molecular weight excluding hydrogens is 378 g/mol. The second kappa shape index (κ2) is 10.4. The molecule has 1 aromatic carbocycles. The van der Waals surface area contributed by atoms with E-state index in [0.717, 1.165) is 34.6 Å². The van der Waals surface area contributed by atoms with Crippen LogP contribution in [0.5, 0.6) is 0 Å². The van der Waals surface area contributed by atoms with Crippen LogP contribution in [0.15, 0.2) is 35.9 Å². The van der Waals surface area contributed by atoms with Gasteiger partial charge in [0.15, 0.2) is 6.61 Å². The van der Waals surface area contributed by atoms with Gasteiger partial charge >= 0.3 is 5.97 Å². The van der Waals surface area contributed by atoms with E-state index in [1.54, 1.807) is 0 Å². The number of amides is 1. The van der Waals surface area contributed by atoms with Gasteiger partial charge in [0, 0.05) is 24.5 Å². The van der Waals surface area contributed by atoms with Gasteiger partial charge in [-0.3, -0.25) is 4.79 Å². The van der Waals surface area contributed by atoms with Gasteiger partial charge in [0.2, 0.25) is 0 Å². The largest absolute Gasteiger partial charge is 0.451 e. The molecule has 1 N–H and O–H groups in total. The van der Waals surface area contributed by atoms with Crippen molar-refractivity contribution >= 4 is 18.0 Å². The Morgan fingerprint density at radius 3 is 2.47 bits per heavy atom. The topological polar surface area (TPSA) is 84.1 Å². The Bertz CT molecular complexity index is 976. The summed E-state index contributed by atoms with van der Waals surface area (Å²) in [6.07, 6.45) is 1.52. The minimum absolute atomic E-state index is 0.133. The summed E-state index contributed by atoms with van der Waals surface area (Å²) in [5.74, 6) is -0.751. The van der Waals surface area contributed by atoms with Crippen molar-refractivity contribution in [2.45, 2.75) is 47.7 Å². The van der Waals surface area contributed by atoms with Crippen LogP contribution in [0.25, 0.3) is 6.08 Å². The van der Waals surface area contributed by atoms with Crippen LogP contribution in [0.4, 0.5) is 0 Å². The Balaban J connectivity index is 1.97. The number of hydrogen-bond acceptors (Lipinski definition) is 4. The zero-order chi connectivity index (χ0) is 22.3. The van der Waals surface area contributed by atoms with E-state index in [1.807, 2.05) is 57.2 Å². The smallest absolute Gasteiger partial charge is 0.349 e. The van der Waals surface area contributed by atoms with Crippen LogP contribution >= 0.6 is 0 Å². The molecule has 2 rings (SSSR count). The summed E-state index contributed by atoms with van der Waals surface area (Å²) in [6, 6.07) is 11.6. The quantitative estimate of drug-likeness (QED) is 0.409. The van der Waals surface area contributed by atoms with Crippen LogP contribution in [-0.2, 0) is 27.4 Å². The Hall–Kier alpha value is -3.33. The van der Waals surface area contributed by atoms with Gasteiger partial charge in [-0.2, -0.15) is 5.26 Å². The number of benzene rings is 1. The van der Waals surface area contributed by atoms with Crippen molar-refractivity contribution in [2.24, 2.45) is 5.92 Å². The highest BCUT2D eigenvalue weighted by molar-refractivity contribution is 5.99. The molecule has 0 saturated carbocycles. The molecule has 0 bridgehead atoms. The molecule has 1 aromatic heterocycles. The number of aryl methyl sites for hydroxylation is 2. The highest BCUT2D eigenvalue weighted by Crippen LogP contribution is 2.20. The second-order valence-corrected chi connectivity index (χ2v) is 7.84. The van der Waals surface area contributed by atoms with Gasteiger partial charge in [-0.1, -0.05) is 43.7 Å². The SMILES string of the molecule is Cc1ccc(CNC(=O)COC(=O)/C(C#N)=C/c2cc(C)n(CC(C)C)c2C)cc1. The minimum atomic E-state index is -0.809. The summed E-state index contributed by atoms with van der Waals surface area (Å²) < 4.78 is 7.19. The molecule has 0 unspecified atom stereocenters. The lowest BCUT2D eigenvalue weighted by Crippen LogP contribution is -2.28. The van der Waals surface area contributed by atoms with Gasteiger partial charge in [-0.05, 0) is 50.0 Å². The molecule has 0 aliphatic rings. The Morgan fingerprint density at radius 2 is 1.87 bits per heavy atom. The summed E-state index contributed by atoms with van der Waals surface area (Å²) in [5.41, 5.74) is 4.80. The number of nitriles is 1. The number of carbonyl (C=O) groups excluding carboxylic acids is 2. The van der Waals surface area contributed by atoms with Gasteiger partial charge in [0.1, 0.15) is 11.6 Å². The number of esters is 1. The number of rotatable bonds is 8. The summed E-state index contributed by atoms with van der Waals surface area (Å²) in [7, 11) is 0. The average Bonchev–Trinajstić information content (AvgIpc) is 2.96. The summed E-state index contributed by atoms with van der Waals surface area (Å²) >= 11 is 0. The molecule has 1 heterocycles. The molecule has 6 nitrogen and oxygen atoms in total. The lowest BCUT2D eigenvalue weighted by atomic mass is 10.1. The van der Waals surface area contributed by atoms with Crippen LogP contribution in [-0.4, -0.2) is 23.1 Å². The van der Waals surface area contributed by atoms with E-state index in [9.17, 15) is 14.9 Å². The van der Waals surface area contributed by atoms with Crippen LogP contribution in [0, 0.1) is 38.0 Å². The molecule has 1 amide bonds. The second-order valence-electron chi connectivity index (χ2n) is 7.84. The van der Waals surface area contributed by atoms with Gasteiger partial charge < -0.3 is 14.6 Å². The third-order valence-electron chi connectivity index (χ3n) is 4.75. The Labute approximate surface area is 178 Å². The maximum absolute atomic E-state index is 12.3. The zero-order valence-electron chi connectivity index (χ0n) is 18.3. The van der Waals surface area contributed by atoms with Crippen molar-refractivity contribution in [3.8, 4) is 6.07 Å². The fourth-order valence-corrected chi connectivity index (χ4v) is 3.08. The lowest BCUT2D eigenvalue weighted by Gasteiger charge is -2.12. The van der Waals surface area contributed by atoms with Crippen LogP contribution in [0.3, 0.4) is 0 Å². The molecule has 30 heavy (non-hydrogen) atoms. The van der Waals surface area contributed by atoms with Crippen LogP contribution in [0.2, 0.25) is 0 Å². The number of nitrogens with one attached hydrogen (secondary N) is 1. The number of hydrogen-bond donors (Lipinski definition) is 1. The van der Waals surface area contributed by atoms with E-state index in [4.69, 9.17) is 4.74 Å². The van der Waals surface area contributed by atoms with Crippen molar-refractivity contribution in [3.63, 3.8) is 0 Å². The van der Waals surface area contributed by atoms with E-state index in [2.05, 4.69) is 23.7 Å². The first-order valence-corrected chi connectivity index (χ1v) is 9.99. The number of aromatic nitrogens is 1. The first kappa shape index (κ1) is 23.0. The molecule has 0 atom stereocenters. The number of carbonyl (C=O) groups is 2. The van der Waals surface area contributed by atoms with E-state index >= 15 is 0 Å². The fraction of sp³-hybridized carbons (Fsp3) is 0.375. The molecule has 2 aromatic rings. The van der Waals surface area contributed by atoms with Crippen LogP contribution < -0.4 is 5.32 Å². The third kappa shape index (κ3) is 6.35. The maximum Gasteiger partial charge on any atom is 0.349 e. The normalized spacial score (nSPS) is 11.3. The van der Waals surface area contributed by atoms with Crippen molar-refractivity contribution in [1.82, 2.24) is 9.88 Å². The molecule has 0 aliphatic carbocycles. The first-order chi connectivity index (χ1) is 14.2. The van der Waals surface area contributed by atoms with Crippen LogP contribution in [0.1, 0.15) is 41.9 Å². The Kier molecular flexibility index (Phi) is 7.99. The molecule has 0 fully saturated rings. The molecule has 0 radical (unpaired) electrons. The predicted molar refractivity (Wildman–Crippen MR) is 116 cm³/mol. The minimum Gasteiger partial charge on any atom is -0.451 e. The highest BCUT2D eigenvalue weighted by atomic mass is 16.5. The lowest BCUT2D eigenvalue weighted by molar-refractivity contribution is -0.144. The summed E-state index contributed by atoms with van der Waals surface area (Å²) in [6.45, 7) is 11.0. The molecule has 0 spiro atoms. The fourth-order valence-electron chi connectivity index (χ4n) is 3.08. The van der Waals surface area contributed by atoms with E-state index in [0.29, 0.717) is 12.5 Å². The summed E-state index contributed by atoms with van der Waals surface area (Å²) in [5, 5.41) is 12.1. The predicted octanol–water partition coefficient (Wildman–Crippen LogP) is 3.84. The molecular formula is C24H29N3O3. The van der Waals surface area contributed by atoms with E-state index in [-0.39, 0.29) is 5.57 Å². The van der Waals surface area contributed by atoms with Gasteiger partial charge in [0.25, 0.3) is 5.91 Å². The molecule has 158 valence electrons. The monoisotopic (exact) mass is 407 g/mol. The van der Waals surface area contributed by atoms with E-state index in [1.165, 1.54) is 6.08 Å². The maximum atomic E-state index is 12.3. The molecule has 0 saturated heterocycles. The van der Waals surface area contributed by atoms with Gasteiger partial charge in [-0.25, -0.2) is 4.79 Å². The zero-order valence-corrected chi connectivity index (χ0v) is 18.3. The summed E-state index contributed by atoms with van der Waals surface area (Å²) in [4.78, 5) is 24.2. The van der Waals surface area contributed by atoms with Crippen molar-refractivity contribution in [2.75, 3.05) is 6.61 Å².